The van der Waals surface area contributed by atoms with Crippen molar-refractivity contribution in [1.82, 2.24) is 10.3 Å². The highest BCUT2D eigenvalue weighted by molar-refractivity contribution is 5.84. The summed E-state index contributed by atoms with van der Waals surface area (Å²) in [5.41, 5.74) is 2.99. The van der Waals surface area contributed by atoms with Crippen LogP contribution in [0.2, 0.25) is 0 Å². The number of carbonyl (C=O) groups excluding carboxylic acids is 1. The summed E-state index contributed by atoms with van der Waals surface area (Å²) in [7, 11) is 0. The maximum atomic E-state index is 12.5. The number of H-pyrrole nitrogens is 1. The van der Waals surface area contributed by atoms with Gasteiger partial charge in [-0.05, 0) is 54.1 Å². The van der Waals surface area contributed by atoms with Crippen molar-refractivity contribution < 1.29 is 4.79 Å². The first kappa shape index (κ1) is 15.7. The highest BCUT2D eigenvalue weighted by Gasteiger charge is 2.61. The molecule has 128 valence electrons. The van der Waals surface area contributed by atoms with Gasteiger partial charge in [-0.2, -0.15) is 0 Å². The van der Waals surface area contributed by atoms with Crippen molar-refractivity contribution in [1.29, 1.82) is 0 Å². The number of benzene rings is 1. The number of hydrogen-bond donors (Lipinski definition) is 2. The van der Waals surface area contributed by atoms with Gasteiger partial charge < -0.3 is 10.3 Å². The zero-order valence-electron chi connectivity index (χ0n) is 15.0. The number of hydrogen-bond acceptors (Lipinski definition) is 1. The Morgan fingerprint density at radius 3 is 2.79 bits per heavy atom. The monoisotopic (exact) mass is 324 g/mol. The highest BCUT2D eigenvalue weighted by atomic mass is 16.1. The van der Waals surface area contributed by atoms with E-state index in [-0.39, 0.29) is 11.3 Å². The average molecular weight is 324 g/mol. The first-order valence-electron chi connectivity index (χ1n) is 9.26. The van der Waals surface area contributed by atoms with Gasteiger partial charge >= 0.3 is 0 Å². The van der Waals surface area contributed by atoms with E-state index in [1.54, 1.807) is 0 Å². The molecule has 3 heteroatoms. The Morgan fingerprint density at radius 2 is 2.08 bits per heavy atom. The second-order valence-electron chi connectivity index (χ2n) is 8.59. The molecule has 2 bridgehead atoms. The van der Waals surface area contributed by atoms with Crippen LogP contribution in [0.15, 0.2) is 30.5 Å². The van der Waals surface area contributed by atoms with Crippen LogP contribution < -0.4 is 5.32 Å². The van der Waals surface area contributed by atoms with E-state index in [4.69, 9.17) is 0 Å². The molecule has 2 fully saturated rings. The molecule has 0 unspecified atom stereocenters. The fourth-order valence-corrected chi connectivity index (χ4v) is 5.28. The highest BCUT2D eigenvalue weighted by Crippen LogP contribution is 2.65. The van der Waals surface area contributed by atoms with Gasteiger partial charge in [-0.3, -0.25) is 4.79 Å². The van der Waals surface area contributed by atoms with E-state index in [0.29, 0.717) is 17.9 Å². The van der Waals surface area contributed by atoms with E-state index in [2.05, 4.69) is 49.3 Å². The lowest BCUT2D eigenvalue weighted by molar-refractivity contribution is -0.122. The lowest BCUT2D eigenvalue weighted by Crippen LogP contribution is -2.46. The zero-order valence-corrected chi connectivity index (χ0v) is 15.0. The van der Waals surface area contributed by atoms with E-state index in [9.17, 15) is 4.79 Å². The summed E-state index contributed by atoms with van der Waals surface area (Å²) >= 11 is 0. The van der Waals surface area contributed by atoms with Crippen molar-refractivity contribution in [3.63, 3.8) is 0 Å². The molecule has 1 aromatic carbocycles. The predicted octanol–water partition coefficient (Wildman–Crippen LogP) is 4.43. The van der Waals surface area contributed by atoms with E-state index < -0.39 is 0 Å². The number of para-hydroxylation sites is 1. The topological polar surface area (TPSA) is 44.9 Å². The van der Waals surface area contributed by atoms with Gasteiger partial charge in [0.2, 0.25) is 5.91 Å². The van der Waals surface area contributed by atoms with Crippen LogP contribution in [0.3, 0.4) is 0 Å². The lowest BCUT2D eigenvalue weighted by Gasteiger charge is -2.39. The van der Waals surface area contributed by atoms with Gasteiger partial charge in [0, 0.05) is 29.6 Å². The van der Waals surface area contributed by atoms with E-state index in [1.807, 2.05) is 12.3 Å². The number of carbonyl (C=O) groups is 1. The number of aryl methyl sites for hydroxylation is 1. The van der Waals surface area contributed by atoms with Crippen LogP contribution in [-0.2, 0) is 11.2 Å². The fourth-order valence-electron chi connectivity index (χ4n) is 5.28. The molecule has 2 aliphatic rings. The van der Waals surface area contributed by atoms with Crippen LogP contribution in [0.1, 0.15) is 52.0 Å². The number of rotatable bonds is 4. The van der Waals surface area contributed by atoms with Crippen LogP contribution in [0.5, 0.6) is 0 Å². The molecule has 2 saturated carbocycles. The van der Waals surface area contributed by atoms with Gasteiger partial charge in [-0.15, -0.1) is 0 Å². The molecular weight excluding hydrogens is 296 g/mol. The second kappa shape index (κ2) is 5.37. The molecule has 1 heterocycles. The first-order chi connectivity index (χ1) is 11.4. The normalized spacial score (nSPS) is 30.8. The van der Waals surface area contributed by atoms with Crippen LogP contribution in [-0.4, -0.2) is 16.9 Å². The molecular formula is C21H28N2O. The van der Waals surface area contributed by atoms with Crippen LogP contribution in [0.4, 0.5) is 0 Å². The van der Waals surface area contributed by atoms with Gasteiger partial charge in [-0.25, -0.2) is 0 Å². The molecule has 24 heavy (non-hydrogen) atoms. The minimum absolute atomic E-state index is 0.204. The third-order valence-corrected chi connectivity index (χ3v) is 7.43. The molecule has 1 aromatic heterocycles. The van der Waals surface area contributed by atoms with E-state index >= 15 is 0 Å². The standard InChI is InChI=1S/C21H28N2O/c1-20(2)15-10-11-21(20,3)18(12-15)23-19(24)9-8-14-13-22-17-7-5-4-6-16(14)17/h4-7,13,15,18,22H,8-12H2,1-3H3,(H,23,24)/t15-,18+,21+/m0/s1. The molecule has 3 atom stereocenters. The fraction of sp³-hybridized carbons (Fsp3) is 0.571. The van der Waals surface area contributed by atoms with Crippen molar-refractivity contribution in [2.45, 2.75) is 58.9 Å². The molecule has 0 spiro atoms. The van der Waals surface area contributed by atoms with Crippen LogP contribution in [0.25, 0.3) is 10.9 Å². The van der Waals surface area contributed by atoms with Crippen molar-refractivity contribution in [2.75, 3.05) is 0 Å². The Kier molecular flexibility index (Phi) is 3.52. The lowest BCUT2D eigenvalue weighted by atomic mass is 9.69. The van der Waals surface area contributed by atoms with Gasteiger partial charge in [-0.1, -0.05) is 39.0 Å². The van der Waals surface area contributed by atoms with E-state index in [0.717, 1.165) is 24.3 Å². The summed E-state index contributed by atoms with van der Waals surface area (Å²) < 4.78 is 0. The van der Waals surface area contributed by atoms with Crippen molar-refractivity contribution >= 4 is 16.8 Å². The maximum absolute atomic E-state index is 12.5. The van der Waals surface area contributed by atoms with Gasteiger partial charge in [0.15, 0.2) is 0 Å². The van der Waals surface area contributed by atoms with Crippen molar-refractivity contribution in [3.05, 3.63) is 36.0 Å². The minimum atomic E-state index is 0.204. The number of fused-ring (bicyclic) bond motifs is 3. The van der Waals surface area contributed by atoms with Crippen molar-refractivity contribution in [2.24, 2.45) is 16.7 Å². The zero-order chi connectivity index (χ0) is 16.9. The molecule has 3 nitrogen and oxygen atoms in total. The Morgan fingerprint density at radius 1 is 1.29 bits per heavy atom. The Hall–Kier alpha value is -1.77. The molecule has 4 rings (SSSR count). The van der Waals surface area contributed by atoms with Gasteiger partial charge in [0.05, 0.1) is 0 Å². The minimum Gasteiger partial charge on any atom is -0.361 e. The van der Waals surface area contributed by atoms with Crippen LogP contribution in [0, 0.1) is 16.7 Å². The number of nitrogens with one attached hydrogen (secondary N) is 2. The third kappa shape index (κ3) is 2.21. The summed E-state index contributed by atoms with van der Waals surface area (Å²) in [6, 6.07) is 8.64. The number of amides is 1. The third-order valence-electron chi connectivity index (χ3n) is 7.43. The molecule has 0 aliphatic heterocycles. The van der Waals surface area contributed by atoms with Gasteiger partial charge in [0.25, 0.3) is 0 Å². The summed E-state index contributed by atoms with van der Waals surface area (Å²) in [5, 5.41) is 4.60. The quantitative estimate of drug-likeness (QED) is 0.858. The SMILES string of the molecule is CC1(C)[C@H]2CC[C@]1(C)[C@H](NC(=O)CCc1c[nH]c3ccccc13)C2. The average Bonchev–Trinajstić information content (AvgIpc) is 3.12. The summed E-state index contributed by atoms with van der Waals surface area (Å²) in [6.07, 6.45) is 7.14. The number of aromatic amines is 1. The molecule has 2 aromatic rings. The summed E-state index contributed by atoms with van der Waals surface area (Å²) in [6.45, 7) is 7.16. The van der Waals surface area contributed by atoms with Gasteiger partial charge in [0.1, 0.15) is 0 Å². The molecule has 2 aliphatic carbocycles. The van der Waals surface area contributed by atoms with Crippen LogP contribution >= 0.6 is 0 Å². The van der Waals surface area contributed by atoms with E-state index in [1.165, 1.54) is 23.8 Å². The predicted molar refractivity (Wildman–Crippen MR) is 97.8 cm³/mol. The smallest absolute Gasteiger partial charge is 0.220 e. The summed E-state index contributed by atoms with van der Waals surface area (Å²) in [5.74, 6) is 0.969. The molecule has 0 radical (unpaired) electrons. The Balaban J connectivity index is 1.40. The Bertz CT molecular complexity index is 775. The molecule has 0 saturated heterocycles. The second-order valence-corrected chi connectivity index (χ2v) is 8.59. The number of aromatic nitrogens is 1. The molecule has 1 amide bonds. The maximum Gasteiger partial charge on any atom is 0.220 e. The molecule has 2 N–H and O–H groups in total. The summed E-state index contributed by atoms with van der Waals surface area (Å²) in [4.78, 5) is 15.8. The first-order valence-corrected chi connectivity index (χ1v) is 9.26. The largest absolute Gasteiger partial charge is 0.361 e. The van der Waals surface area contributed by atoms with Crippen molar-refractivity contribution in [3.8, 4) is 0 Å². The Labute approximate surface area is 144 Å².